The van der Waals surface area contributed by atoms with Crippen molar-refractivity contribution in [2.24, 2.45) is 0 Å². The molecule has 4 saturated heterocycles. The van der Waals surface area contributed by atoms with Gasteiger partial charge in [-0.3, -0.25) is 19.7 Å². The number of halogens is 2. The Labute approximate surface area is 337 Å². The van der Waals surface area contributed by atoms with Crippen molar-refractivity contribution < 1.29 is 32.7 Å². The Morgan fingerprint density at radius 2 is 1.60 bits per heavy atom. The highest BCUT2D eigenvalue weighted by Crippen LogP contribution is 2.34. The summed E-state index contributed by atoms with van der Waals surface area (Å²) < 4.78 is 36.2. The van der Waals surface area contributed by atoms with Crippen LogP contribution in [0.5, 0.6) is 0 Å². The number of imide groups is 1. The lowest BCUT2D eigenvalue weighted by Crippen LogP contribution is -2.49. The predicted octanol–water partition coefficient (Wildman–Crippen LogP) is 6.36. The first-order valence-electron chi connectivity index (χ1n) is 21.0. The number of nitrogens with zero attached hydrogens (tertiary/aromatic N) is 5. The van der Waals surface area contributed by atoms with Crippen LogP contribution in [0.15, 0.2) is 48.7 Å². The maximum atomic E-state index is 15.3. The van der Waals surface area contributed by atoms with E-state index in [4.69, 9.17) is 4.74 Å². The van der Waals surface area contributed by atoms with Crippen LogP contribution in [-0.4, -0.2) is 101 Å². The molecular formula is C43H52F2N8O5. The van der Waals surface area contributed by atoms with E-state index in [-0.39, 0.29) is 59.8 Å². The van der Waals surface area contributed by atoms with Crippen molar-refractivity contribution in [3.63, 3.8) is 0 Å². The van der Waals surface area contributed by atoms with Crippen LogP contribution in [0.1, 0.15) is 95.0 Å². The highest BCUT2D eigenvalue weighted by molar-refractivity contribution is 6.01. The standard InChI is InChI=1S/C43H52F2N8O5/c44-35-25-30(47-37-13-14-38(54)49-41(37)56)9-12-34(35)27-15-20-51(21-16-27)31-17-22-52(23-18-31)43(57)58-33-10-7-29(8-11-33)48-42-46-26-36(45)40(50-42)28-4-3-5-32(24-28)53-19-2-1-6-39(53)55/h3-5,9,12,24-27,29,31,33,37,47H,1-2,6-8,10-11,13-23H2,(H,46,48,50)(H,49,54,56)/t29-,33-,37?. The first-order valence-corrected chi connectivity index (χ1v) is 21.0. The minimum atomic E-state index is -0.556. The van der Waals surface area contributed by atoms with Gasteiger partial charge in [0.1, 0.15) is 23.7 Å². The van der Waals surface area contributed by atoms with Gasteiger partial charge in [-0.05, 0) is 119 Å². The molecule has 5 heterocycles. The number of likely N-dealkylation sites (tertiary alicyclic amines) is 2. The summed E-state index contributed by atoms with van der Waals surface area (Å²) in [5.41, 5.74) is 2.73. The van der Waals surface area contributed by atoms with Crippen molar-refractivity contribution in [1.82, 2.24) is 25.1 Å². The molecule has 58 heavy (non-hydrogen) atoms. The molecule has 2 aromatic carbocycles. The molecule has 4 amide bonds. The smallest absolute Gasteiger partial charge is 0.410 e. The van der Waals surface area contributed by atoms with E-state index in [1.807, 2.05) is 35.2 Å². The Balaban J connectivity index is 0.754. The number of benzene rings is 2. The van der Waals surface area contributed by atoms with Gasteiger partial charge in [0.05, 0.1) is 6.20 Å². The fourth-order valence-corrected chi connectivity index (χ4v) is 9.23. The van der Waals surface area contributed by atoms with E-state index in [2.05, 4.69) is 30.8 Å². The molecule has 4 aliphatic heterocycles. The first-order chi connectivity index (χ1) is 28.2. The molecule has 3 N–H and O–H groups in total. The van der Waals surface area contributed by atoms with Crippen LogP contribution in [0.4, 0.5) is 30.9 Å². The fourth-order valence-electron chi connectivity index (χ4n) is 9.23. The number of carbonyl (C=O) groups is 4. The van der Waals surface area contributed by atoms with Gasteiger partial charge in [-0.25, -0.2) is 23.5 Å². The molecular weight excluding hydrogens is 747 g/mol. The van der Waals surface area contributed by atoms with Gasteiger partial charge in [0.15, 0.2) is 5.82 Å². The van der Waals surface area contributed by atoms with Gasteiger partial charge in [-0.15, -0.1) is 0 Å². The van der Waals surface area contributed by atoms with E-state index >= 15 is 4.39 Å². The van der Waals surface area contributed by atoms with Crippen molar-refractivity contribution in [2.75, 3.05) is 48.3 Å². The SMILES string of the molecule is O=C1CCC(Nc2ccc(C3CCN(C4CCN(C(=O)O[C@H]5CC[C@H](Nc6ncc(F)c(-c7cccc(N8CCCCC8=O)c7)n6)CC5)CC4)CC3)c(F)c2)C(=O)N1. The second kappa shape index (κ2) is 17.8. The number of piperidine rings is 4. The van der Waals surface area contributed by atoms with Crippen LogP contribution in [0.2, 0.25) is 0 Å². The zero-order valence-electron chi connectivity index (χ0n) is 32.8. The quantitative estimate of drug-likeness (QED) is 0.209. The summed E-state index contributed by atoms with van der Waals surface area (Å²) >= 11 is 0. The Morgan fingerprint density at radius 1 is 0.810 bits per heavy atom. The number of amides is 4. The molecule has 0 radical (unpaired) electrons. The Hall–Kier alpha value is -5.18. The average molecular weight is 799 g/mol. The van der Waals surface area contributed by atoms with Gasteiger partial charge >= 0.3 is 6.09 Å². The van der Waals surface area contributed by atoms with Crippen LogP contribution in [0.25, 0.3) is 11.3 Å². The van der Waals surface area contributed by atoms with Crippen LogP contribution < -0.4 is 20.9 Å². The molecule has 1 aromatic heterocycles. The highest BCUT2D eigenvalue weighted by atomic mass is 19.1. The summed E-state index contributed by atoms with van der Waals surface area (Å²) in [6.45, 7) is 3.66. The Bertz CT molecular complexity index is 1990. The number of hydrogen-bond donors (Lipinski definition) is 3. The van der Waals surface area contributed by atoms with E-state index in [9.17, 15) is 23.6 Å². The largest absolute Gasteiger partial charge is 0.446 e. The molecule has 15 heteroatoms. The molecule has 1 saturated carbocycles. The summed E-state index contributed by atoms with van der Waals surface area (Å²) in [4.78, 5) is 64.0. The van der Waals surface area contributed by atoms with E-state index in [1.54, 1.807) is 11.0 Å². The van der Waals surface area contributed by atoms with Crippen molar-refractivity contribution in [1.29, 1.82) is 0 Å². The maximum absolute atomic E-state index is 15.3. The van der Waals surface area contributed by atoms with Crippen LogP contribution in [0.3, 0.4) is 0 Å². The number of rotatable bonds is 9. The number of aromatic nitrogens is 2. The van der Waals surface area contributed by atoms with Gasteiger partial charge in [0.25, 0.3) is 0 Å². The molecule has 0 spiro atoms. The second-order valence-electron chi connectivity index (χ2n) is 16.4. The third-order valence-corrected chi connectivity index (χ3v) is 12.6. The van der Waals surface area contributed by atoms with Gasteiger partial charge in [-0.2, -0.15) is 0 Å². The molecule has 1 atom stereocenters. The zero-order valence-corrected chi connectivity index (χ0v) is 32.8. The topological polar surface area (TPSA) is 149 Å². The number of ether oxygens (including phenoxy) is 1. The minimum absolute atomic E-state index is 0.0586. The zero-order chi connectivity index (χ0) is 40.2. The lowest BCUT2D eigenvalue weighted by atomic mass is 9.87. The number of anilines is 3. The van der Waals surface area contributed by atoms with E-state index < -0.39 is 11.9 Å². The summed E-state index contributed by atoms with van der Waals surface area (Å²) in [5, 5.41) is 8.74. The first kappa shape index (κ1) is 39.6. The number of carbonyl (C=O) groups excluding carboxylic acids is 4. The third kappa shape index (κ3) is 9.24. The summed E-state index contributed by atoms with van der Waals surface area (Å²) in [6.07, 6.45) is 10.1. The molecule has 13 nitrogen and oxygen atoms in total. The van der Waals surface area contributed by atoms with Crippen molar-refractivity contribution in [3.05, 3.63) is 65.9 Å². The summed E-state index contributed by atoms with van der Waals surface area (Å²) in [7, 11) is 0. The normalized spacial score (nSPS) is 24.0. The van der Waals surface area contributed by atoms with Crippen LogP contribution >= 0.6 is 0 Å². The van der Waals surface area contributed by atoms with Crippen LogP contribution in [0, 0.1) is 11.6 Å². The van der Waals surface area contributed by atoms with Gasteiger partial charge in [0.2, 0.25) is 23.7 Å². The molecule has 1 unspecified atom stereocenters. The van der Waals surface area contributed by atoms with Gasteiger partial charge in [-0.1, -0.05) is 18.2 Å². The third-order valence-electron chi connectivity index (χ3n) is 12.6. The van der Waals surface area contributed by atoms with E-state index in [1.165, 1.54) is 12.3 Å². The molecule has 8 rings (SSSR count). The van der Waals surface area contributed by atoms with E-state index in [0.29, 0.717) is 74.1 Å². The molecule has 5 aliphatic rings. The maximum Gasteiger partial charge on any atom is 0.410 e. The average Bonchev–Trinajstić information content (AvgIpc) is 3.24. The second-order valence-corrected chi connectivity index (χ2v) is 16.4. The van der Waals surface area contributed by atoms with E-state index in [0.717, 1.165) is 70.1 Å². The number of nitrogens with one attached hydrogen (secondary N) is 3. The molecule has 1 aliphatic carbocycles. The van der Waals surface area contributed by atoms with Crippen molar-refractivity contribution in [2.45, 2.75) is 114 Å². The minimum Gasteiger partial charge on any atom is -0.446 e. The Morgan fingerprint density at radius 3 is 2.34 bits per heavy atom. The Kier molecular flexibility index (Phi) is 12.1. The van der Waals surface area contributed by atoms with Crippen LogP contribution in [-0.2, 0) is 19.1 Å². The predicted molar refractivity (Wildman–Crippen MR) is 214 cm³/mol. The van der Waals surface area contributed by atoms with Crippen molar-refractivity contribution in [3.8, 4) is 11.3 Å². The summed E-state index contributed by atoms with van der Waals surface area (Å²) in [6, 6.07) is 12.2. The lowest BCUT2D eigenvalue weighted by Gasteiger charge is -2.42. The van der Waals surface area contributed by atoms with Gasteiger partial charge in [0, 0.05) is 61.5 Å². The molecule has 3 aromatic rings. The molecule has 5 fully saturated rings. The monoisotopic (exact) mass is 798 g/mol. The van der Waals surface area contributed by atoms with Gasteiger partial charge < -0.3 is 30.1 Å². The summed E-state index contributed by atoms with van der Waals surface area (Å²) in [5.74, 6) is -0.952. The number of hydrogen-bond acceptors (Lipinski definition) is 10. The lowest BCUT2D eigenvalue weighted by molar-refractivity contribution is -0.133. The fraction of sp³-hybridized carbons (Fsp3) is 0.535. The molecule has 308 valence electrons. The molecule has 0 bridgehead atoms. The van der Waals surface area contributed by atoms with Crippen molar-refractivity contribution >= 4 is 41.1 Å². The highest BCUT2D eigenvalue weighted by Gasteiger charge is 2.33.